The van der Waals surface area contributed by atoms with E-state index >= 15 is 0 Å². The van der Waals surface area contributed by atoms with E-state index in [1.54, 1.807) is 24.3 Å². The van der Waals surface area contributed by atoms with Crippen LogP contribution in [0.25, 0.3) is 10.8 Å². The molecule has 15 heavy (non-hydrogen) atoms. The summed E-state index contributed by atoms with van der Waals surface area (Å²) in [5.74, 6) is 0. The van der Waals surface area contributed by atoms with Crippen LogP contribution in [0.1, 0.15) is 0 Å². The van der Waals surface area contributed by atoms with E-state index in [1.807, 2.05) is 0 Å². The van der Waals surface area contributed by atoms with Crippen molar-refractivity contribution in [2.75, 3.05) is 0 Å². The van der Waals surface area contributed by atoms with E-state index in [0.29, 0.717) is 5.39 Å². The maximum atomic E-state index is 12.6. The number of hydrogen-bond acceptors (Lipinski definition) is 0. The van der Waals surface area contributed by atoms with Gasteiger partial charge in [-0.15, -0.1) is 5.46 Å². The number of rotatable bonds is 1. The molecule has 5 heteroatoms. The average Bonchev–Trinajstić information content (AvgIpc) is 2.15. The zero-order valence-corrected chi connectivity index (χ0v) is 10.3. The van der Waals surface area contributed by atoms with Crippen LogP contribution in [0, 0.1) is 0 Å². The minimum atomic E-state index is -4.92. The summed E-state index contributed by atoms with van der Waals surface area (Å²) in [6.45, 7) is -4.92. The summed E-state index contributed by atoms with van der Waals surface area (Å²) in [7, 11) is 0. The number of benzene rings is 2. The number of halogens is 3. The van der Waals surface area contributed by atoms with Crippen LogP contribution >= 0.6 is 0 Å². The van der Waals surface area contributed by atoms with Gasteiger partial charge in [-0.25, -0.2) is 0 Å². The summed E-state index contributed by atoms with van der Waals surface area (Å²) in [5, 5.41) is 0.909. The maximum Gasteiger partial charge on any atom is 1.00 e. The Morgan fingerprint density at radius 1 is 0.800 bits per heavy atom. The van der Waals surface area contributed by atoms with Crippen molar-refractivity contribution in [3.8, 4) is 0 Å². The Bertz CT molecular complexity index is 462. The molecule has 0 radical (unpaired) electrons. The van der Waals surface area contributed by atoms with Crippen molar-refractivity contribution in [3.05, 3.63) is 42.5 Å². The van der Waals surface area contributed by atoms with E-state index in [1.165, 1.54) is 12.1 Å². The topological polar surface area (TPSA) is 0 Å². The summed E-state index contributed by atoms with van der Waals surface area (Å²) >= 11 is 0. The van der Waals surface area contributed by atoms with Gasteiger partial charge in [-0.3, -0.25) is 0 Å². The molecule has 0 saturated heterocycles. The summed E-state index contributed by atoms with van der Waals surface area (Å²) in [6, 6.07) is 10.8. The molecule has 0 heterocycles. The van der Waals surface area contributed by atoms with Crippen molar-refractivity contribution in [3.63, 3.8) is 0 Å². The summed E-state index contributed by atoms with van der Waals surface area (Å²) in [6.07, 6.45) is 0. The van der Waals surface area contributed by atoms with Crippen molar-refractivity contribution >= 4 is 23.2 Å². The van der Waals surface area contributed by atoms with Crippen LogP contribution in [-0.4, -0.2) is 6.98 Å². The fourth-order valence-electron chi connectivity index (χ4n) is 1.54. The normalized spacial score (nSPS) is 11.1. The smallest absolute Gasteiger partial charge is 0.445 e. The predicted molar refractivity (Wildman–Crippen MR) is 52.7 cm³/mol. The van der Waals surface area contributed by atoms with Crippen molar-refractivity contribution in [1.29, 1.82) is 0 Å². The molecule has 72 valence electrons. The van der Waals surface area contributed by atoms with Gasteiger partial charge in [0.15, 0.2) is 0 Å². The third kappa shape index (κ3) is 2.57. The van der Waals surface area contributed by atoms with E-state index in [-0.39, 0.29) is 34.9 Å². The first kappa shape index (κ1) is 12.6. The Kier molecular flexibility index (Phi) is 3.87. The van der Waals surface area contributed by atoms with Crippen molar-refractivity contribution in [1.82, 2.24) is 0 Å². The Labute approximate surface area is 108 Å². The maximum absolute atomic E-state index is 12.6. The molecule has 0 amide bonds. The number of hydrogen-bond donors (Lipinski definition) is 0. The van der Waals surface area contributed by atoms with Crippen LogP contribution in [0.3, 0.4) is 0 Å². The minimum absolute atomic E-state index is 0. The quantitative estimate of drug-likeness (QED) is 0.586. The molecule has 0 atom stereocenters. The number of fused-ring (bicyclic) bond motifs is 1. The molecule has 0 aromatic heterocycles. The van der Waals surface area contributed by atoms with Crippen LogP contribution in [0.4, 0.5) is 12.9 Å². The molecule has 0 unspecified atom stereocenters. The Hall–Kier alpha value is -0.445. The molecule has 0 aliphatic rings. The van der Waals surface area contributed by atoms with Gasteiger partial charge in [0.1, 0.15) is 0 Å². The second-order valence-corrected chi connectivity index (χ2v) is 3.14. The standard InChI is InChI=1S/C10H7BF3.Na/c12-11(13,14)10-7-3-5-8-4-1-2-6-9(8)10;/h1-7H;/q-1;+1. The van der Waals surface area contributed by atoms with Crippen molar-refractivity contribution in [2.45, 2.75) is 0 Å². The molecule has 0 bridgehead atoms. The molecule has 0 aliphatic heterocycles. The van der Waals surface area contributed by atoms with Crippen molar-refractivity contribution < 1.29 is 42.5 Å². The van der Waals surface area contributed by atoms with Gasteiger partial charge >= 0.3 is 36.5 Å². The fourth-order valence-corrected chi connectivity index (χ4v) is 1.54. The van der Waals surface area contributed by atoms with Gasteiger partial charge in [0.2, 0.25) is 0 Å². The van der Waals surface area contributed by atoms with Gasteiger partial charge in [-0.1, -0.05) is 42.5 Å². The largest absolute Gasteiger partial charge is 1.00 e. The van der Waals surface area contributed by atoms with E-state index in [0.717, 1.165) is 6.07 Å². The van der Waals surface area contributed by atoms with Gasteiger partial charge < -0.3 is 12.9 Å². The molecular weight excluding hydrogens is 211 g/mol. The third-order valence-corrected chi connectivity index (χ3v) is 2.18. The molecule has 0 aliphatic carbocycles. The van der Waals surface area contributed by atoms with Crippen LogP contribution < -0.4 is 35.0 Å². The van der Waals surface area contributed by atoms with Crippen LogP contribution in [0.2, 0.25) is 0 Å². The van der Waals surface area contributed by atoms with Crippen LogP contribution in [-0.2, 0) is 0 Å². The van der Waals surface area contributed by atoms with Gasteiger partial charge in [-0.05, 0) is 10.8 Å². The Morgan fingerprint density at radius 3 is 2.07 bits per heavy atom. The summed E-state index contributed by atoms with van der Waals surface area (Å²) < 4.78 is 37.7. The van der Waals surface area contributed by atoms with Gasteiger partial charge in [0.05, 0.1) is 0 Å². The van der Waals surface area contributed by atoms with Gasteiger partial charge in [0.25, 0.3) is 0 Å². The molecule has 0 saturated carbocycles. The molecule has 0 fully saturated rings. The first-order valence-corrected chi connectivity index (χ1v) is 4.26. The van der Waals surface area contributed by atoms with Crippen LogP contribution in [0.15, 0.2) is 42.5 Å². The van der Waals surface area contributed by atoms with Crippen LogP contribution in [0.5, 0.6) is 0 Å². The second kappa shape index (κ2) is 4.60. The molecular formula is C10H7BF3Na. The zero-order chi connectivity index (χ0) is 10.2. The van der Waals surface area contributed by atoms with E-state index < -0.39 is 12.4 Å². The monoisotopic (exact) mass is 218 g/mol. The average molecular weight is 218 g/mol. The molecule has 2 aromatic carbocycles. The first-order chi connectivity index (χ1) is 6.59. The molecule has 0 nitrogen and oxygen atoms in total. The van der Waals surface area contributed by atoms with Gasteiger partial charge in [0, 0.05) is 0 Å². The fraction of sp³-hybridized carbons (Fsp3) is 0. The molecule has 2 aromatic rings. The van der Waals surface area contributed by atoms with Crippen molar-refractivity contribution in [2.24, 2.45) is 0 Å². The summed E-state index contributed by atoms with van der Waals surface area (Å²) in [4.78, 5) is 0. The minimum Gasteiger partial charge on any atom is -0.445 e. The molecule has 2 rings (SSSR count). The SMILES string of the molecule is F[B-](F)(F)c1cccc2ccccc12.[Na+]. The van der Waals surface area contributed by atoms with E-state index in [4.69, 9.17) is 0 Å². The van der Waals surface area contributed by atoms with Gasteiger partial charge in [-0.2, -0.15) is 0 Å². The molecule has 0 N–H and O–H groups in total. The Morgan fingerprint density at radius 2 is 1.40 bits per heavy atom. The first-order valence-electron chi connectivity index (χ1n) is 4.26. The zero-order valence-electron chi connectivity index (χ0n) is 8.25. The second-order valence-electron chi connectivity index (χ2n) is 3.14. The Balaban J connectivity index is 0.00000112. The third-order valence-electron chi connectivity index (χ3n) is 2.18. The summed E-state index contributed by atoms with van der Waals surface area (Å²) in [5.41, 5.74) is -0.511. The van der Waals surface area contributed by atoms with E-state index in [2.05, 4.69) is 0 Å². The van der Waals surface area contributed by atoms with E-state index in [9.17, 15) is 12.9 Å². The molecule has 0 spiro atoms. The predicted octanol–water partition coefficient (Wildman–Crippen LogP) is -0.102.